The zero-order valence-corrected chi connectivity index (χ0v) is 11.4. The number of furan rings is 1. The predicted molar refractivity (Wildman–Crippen MR) is 74.8 cm³/mol. The molecule has 0 unspecified atom stereocenters. The molecule has 0 saturated heterocycles. The Labute approximate surface area is 113 Å². The Kier molecular flexibility index (Phi) is 4.60. The lowest BCUT2D eigenvalue weighted by Crippen LogP contribution is -2.17. The van der Waals surface area contributed by atoms with E-state index in [-0.39, 0.29) is 0 Å². The molecule has 0 fully saturated rings. The van der Waals surface area contributed by atoms with Gasteiger partial charge in [-0.3, -0.25) is 4.90 Å². The molecule has 19 heavy (non-hydrogen) atoms. The molecule has 4 heteroatoms. The third-order valence-corrected chi connectivity index (χ3v) is 3.05. The van der Waals surface area contributed by atoms with Gasteiger partial charge in [0.2, 0.25) is 0 Å². The Morgan fingerprint density at radius 2 is 2.05 bits per heavy atom. The van der Waals surface area contributed by atoms with Crippen LogP contribution in [0.25, 0.3) is 0 Å². The number of benzene rings is 1. The van der Waals surface area contributed by atoms with Gasteiger partial charge in [0, 0.05) is 30.8 Å². The van der Waals surface area contributed by atoms with E-state index in [1.54, 1.807) is 19.6 Å². The molecular weight excluding hydrogens is 240 g/mol. The maximum Gasteiger partial charge on any atom is 0.123 e. The average Bonchev–Trinajstić information content (AvgIpc) is 2.91. The number of nitrogens with two attached hydrogens (primary N) is 1. The van der Waals surface area contributed by atoms with Crippen molar-refractivity contribution in [1.82, 2.24) is 4.90 Å². The fraction of sp³-hybridized carbons (Fsp3) is 0.333. The third-order valence-electron chi connectivity index (χ3n) is 3.05. The molecule has 0 bridgehead atoms. The van der Waals surface area contributed by atoms with E-state index in [9.17, 15) is 0 Å². The van der Waals surface area contributed by atoms with Crippen molar-refractivity contribution in [3.8, 4) is 5.75 Å². The smallest absolute Gasteiger partial charge is 0.123 e. The van der Waals surface area contributed by atoms with Gasteiger partial charge < -0.3 is 14.9 Å². The quantitative estimate of drug-likeness (QED) is 0.866. The number of hydrogen-bond donors (Lipinski definition) is 1. The molecule has 4 nitrogen and oxygen atoms in total. The molecule has 1 aromatic carbocycles. The van der Waals surface area contributed by atoms with Crippen LogP contribution in [-0.2, 0) is 19.6 Å². The number of ether oxygens (including phenoxy) is 1. The molecule has 0 saturated carbocycles. The highest BCUT2D eigenvalue weighted by Crippen LogP contribution is 2.21. The summed E-state index contributed by atoms with van der Waals surface area (Å²) in [6, 6.07) is 8.05. The highest BCUT2D eigenvalue weighted by molar-refractivity contribution is 5.37. The Hall–Kier alpha value is -1.78. The lowest BCUT2D eigenvalue weighted by molar-refractivity contribution is 0.309. The average molecular weight is 260 g/mol. The van der Waals surface area contributed by atoms with Crippen molar-refractivity contribution in [2.45, 2.75) is 19.6 Å². The molecule has 2 rings (SSSR count). The van der Waals surface area contributed by atoms with E-state index in [1.165, 1.54) is 0 Å². The van der Waals surface area contributed by atoms with Crippen LogP contribution in [0.3, 0.4) is 0 Å². The lowest BCUT2D eigenvalue weighted by atomic mass is 10.1. The fourth-order valence-corrected chi connectivity index (χ4v) is 2.12. The highest BCUT2D eigenvalue weighted by Gasteiger charge is 2.08. The molecule has 1 aromatic heterocycles. The van der Waals surface area contributed by atoms with Gasteiger partial charge in [0.25, 0.3) is 0 Å². The van der Waals surface area contributed by atoms with Crippen molar-refractivity contribution in [2.75, 3.05) is 14.2 Å². The summed E-state index contributed by atoms with van der Waals surface area (Å²) in [6.07, 6.45) is 3.46. The van der Waals surface area contributed by atoms with Gasteiger partial charge in [0.1, 0.15) is 5.75 Å². The highest BCUT2D eigenvalue weighted by atomic mass is 16.5. The topological polar surface area (TPSA) is 51.6 Å². The van der Waals surface area contributed by atoms with Gasteiger partial charge in [-0.15, -0.1) is 0 Å². The van der Waals surface area contributed by atoms with E-state index in [4.69, 9.17) is 14.9 Å². The Bertz CT molecular complexity index is 509. The summed E-state index contributed by atoms with van der Waals surface area (Å²) in [6.45, 7) is 2.19. The fourth-order valence-electron chi connectivity index (χ4n) is 2.12. The first-order chi connectivity index (χ1) is 9.22. The molecule has 0 radical (unpaired) electrons. The summed E-state index contributed by atoms with van der Waals surface area (Å²) in [5.74, 6) is 0.899. The normalized spacial score (nSPS) is 10.9. The first kappa shape index (κ1) is 13.6. The van der Waals surface area contributed by atoms with Crippen LogP contribution in [0, 0.1) is 0 Å². The van der Waals surface area contributed by atoms with Crippen LogP contribution in [0.1, 0.15) is 16.7 Å². The molecule has 2 aromatic rings. The van der Waals surface area contributed by atoms with Crippen molar-refractivity contribution in [3.05, 3.63) is 53.5 Å². The van der Waals surface area contributed by atoms with Crippen molar-refractivity contribution < 1.29 is 9.15 Å². The Balaban J connectivity index is 2.08. The van der Waals surface area contributed by atoms with Crippen LogP contribution in [0.2, 0.25) is 0 Å². The van der Waals surface area contributed by atoms with Crippen LogP contribution >= 0.6 is 0 Å². The van der Waals surface area contributed by atoms with E-state index in [0.717, 1.165) is 35.5 Å². The molecule has 102 valence electrons. The second kappa shape index (κ2) is 6.41. The maximum atomic E-state index is 5.68. The second-order valence-corrected chi connectivity index (χ2v) is 4.65. The van der Waals surface area contributed by atoms with Gasteiger partial charge >= 0.3 is 0 Å². The van der Waals surface area contributed by atoms with Crippen LogP contribution in [0.15, 0.2) is 41.2 Å². The molecule has 0 amide bonds. The standard InChI is InChI=1S/C15H20N2O2/c1-17(9-13-5-6-19-11-13)10-14-7-12(8-16)3-4-15(14)18-2/h3-7,11H,8-10,16H2,1-2H3. The minimum absolute atomic E-state index is 0.544. The SMILES string of the molecule is COc1ccc(CN)cc1CN(C)Cc1ccoc1. The third kappa shape index (κ3) is 3.59. The molecule has 0 aliphatic carbocycles. The van der Waals surface area contributed by atoms with Gasteiger partial charge in [-0.25, -0.2) is 0 Å². The first-order valence-corrected chi connectivity index (χ1v) is 6.28. The summed E-state index contributed by atoms with van der Waals surface area (Å²) in [5, 5.41) is 0. The van der Waals surface area contributed by atoms with Gasteiger partial charge in [0.15, 0.2) is 0 Å². The Morgan fingerprint density at radius 3 is 2.68 bits per heavy atom. The molecule has 1 heterocycles. The number of nitrogens with zero attached hydrogens (tertiary/aromatic N) is 1. The van der Waals surface area contributed by atoms with Crippen molar-refractivity contribution in [2.24, 2.45) is 5.73 Å². The molecule has 2 N–H and O–H groups in total. The predicted octanol–water partition coefficient (Wildman–Crippen LogP) is 2.38. The zero-order valence-electron chi connectivity index (χ0n) is 11.4. The van der Waals surface area contributed by atoms with Gasteiger partial charge in [-0.05, 0) is 30.8 Å². The van der Waals surface area contributed by atoms with E-state index in [2.05, 4.69) is 18.0 Å². The number of rotatable bonds is 6. The zero-order chi connectivity index (χ0) is 13.7. The van der Waals surface area contributed by atoms with Crippen molar-refractivity contribution in [1.29, 1.82) is 0 Å². The van der Waals surface area contributed by atoms with E-state index in [0.29, 0.717) is 6.54 Å². The van der Waals surface area contributed by atoms with Crippen LogP contribution in [0.4, 0.5) is 0 Å². The molecule has 0 aliphatic heterocycles. The molecular formula is C15H20N2O2. The summed E-state index contributed by atoms with van der Waals surface area (Å²) < 4.78 is 10.5. The lowest BCUT2D eigenvalue weighted by Gasteiger charge is -2.18. The number of methoxy groups -OCH3 is 1. The largest absolute Gasteiger partial charge is 0.496 e. The monoisotopic (exact) mass is 260 g/mol. The maximum absolute atomic E-state index is 5.68. The van der Waals surface area contributed by atoms with Crippen LogP contribution in [0.5, 0.6) is 5.75 Å². The van der Waals surface area contributed by atoms with Gasteiger partial charge in [0.05, 0.1) is 19.6 Å². The van der Waals surface area contributed by atoms with Crippen molar-refractivity contribution >= 4 is 0 Å². The van der Waals surface area contributed by atoms with Gasteiger partial charge in [-0.2, -0.15) is 0 Å². The summed E-state index contributed by atoms with van der Waals surface area (Å²) >= 11 is 0. The molecule has 0 spiro atoms. The van der Waals surface area contributed by atoms with E-state index in [1.807, 2.05) is 18.2 Å². The number of hydrogen-bond acceptors (Lipinski definition) is 4. The summed E-state index contributed by atoms with van der Waals surface area (Å²) in [7, 11) is 3.76. The van der Waals surface area contributed by atoms with Gasteiger partial charge in [-0.1, -0.05) is 6.07 Å². The van der Waals surface area contributed by atoms with E-state index < -0.39 is 0 Å². The summed E-state index contributed by atoms with van der Waals surface area (Å²) in [4.78, 5) is 2.21. The van der Waals surface area contributed by atoms with E-state index >= 15 is 0 Å². The first-order valence-electron chi connectivity index (χ1n) is 6.28. The van der Waals surface area contributed by atoms with Crippen LogP contribution in [-0.4, -0.2) is 19.1 Å². The summed E-state index contributed by atoms with van der Waals surface area (Å²) in [5.41, 5.74) is 9.11. The molecule has 0 aliphatic rings. The Morgan fingerprint density at radius 1 is 1.21 bits per heavy atom. The van der Waals surface area contributed by atoms with Crippen LogP contribution < -0.4 is 10.5 Å². The second-order valence-electron chi connectivity index (χ2n) is 4.65. The minimum Gasteiger partial charge on any atom is -0.496 e. The minimum atomic E-state index is 0.544. The molecule has 0 atom stereocenters. The van der Waals surface area contributed by atoms with Crippen molar-refractivity contribution in [3.63, 3.8) is 0 Å².